The maximum Gasteiger partial charge on any atom is 0.317 e. The van der Waals surface area contributed by atoms with Crippen molar-refractivity contribution in [2.75, 3.05) is 6.54 Å². The molecule has 0 spiro atoms. The Labute approximate surface area is 131 Å². The molecule has 1 heterocycles. The van der Waals surface area contributed by atoms with Crippen LogP contribution < -0.4 is 0 Å². The van der Waals surface area contributed by atoms with Crippen molar-refractivity contribution in [2.24, 2.45) is 0 Å². The van der Waals surface area contributed by atoms with E-state index in [-0.39, 0.29) is 6.54 Å². The number of nitrogens with zero attached hydrogens (tertiary/aromatic N) is 3. The first kappa shape index (κ1) is 15.6. The van der Waals surface area contributed by atoms with Crippen molar-refractivity contribution in [3.05, 3.63) is 58.1 Å². The Kier molecular flexibility index (Phi) is 5.41. The minimum atomic E-state index is -0.855. The van der Waals surface area contributed by atoms with E-state index in [1.807, 2.05) is 36.1 Å². The first-order valence-corrected chi connectivity index (χ1v) is 7.29. The summed E-state index contributed by atoms with van der Waals surface area (Å²) in [6.07, 6.45) is 3.26. The fraction of sp³-hybridized carbons (Fsp3) is 0.267. The Morgan fingerprint density at radius 2 is 2.05 bits per heavy atom. The number of carboxylic acids is 1. The molecule has 2 rings (SSSR count). The normalized spacial score (nSPS) is 10.8. The maximum atomic E-state index is 11.1. The number of aryl methyl sites for hydroxylation is 1. The maximum absolute atomic E-state index is 11.1. The molecule has 0 saturated heterocycles. The van der Waals surface area contributed by atoms with E-state index in [1.54, 1.807) is 12.4 Å². The second kappa shape index (κ2) is 7.28. The van der Waals surface area contributed by atoms with Gasteiger partial charge in [-0.2, -0.15) is 0 Å². The third-order valence-electron chi connectivity index (χ3n) is 3.01. The van der Waals surface area contributed by atoms with Crippen LogP contribution in [0.25, 0.3) is 0 Å². The zero-order chi connectivity index (χ0) is 15.2. The topological polar surface area (TPSA) is 66.3 Å². The third-order valence-corrected chi connectivity index (χ3v) is 3.50. The van der Waals surface area contributed by atoms with E-state index in [0.29, 0.717) is 13.1 Å². The lowest BCUT2D eigenvalue weighted by molar-refractivity contribution is -0.138. The Hall–Kier alpha value is -1.79. The van der Waals surface area contributed by atoms with Gasteiger partial charge in [0.25, 0.3) is 0 Å². The summed E-state index contributed by atoms with van der Waals surface area (Å²) in [5, 5.41) is 9.08. The number of hydrogen-bond acceptors (Lipinski definition) is 4. The predicted octanol–water partition coefficient (Wildman–Crippen LogP) is 2.63. The SMILES string of the molecule is Cc1nccnc1CN(CC(=O)O)Cc1cccc(Br)c1. The molecule has 21 heavy (non-hydrogen) atoms. The average Bonchev–Trinajstić information content (AvgIpc) is 2.40. The van der Waals surface area contributed by atoms with Crippen LogP contribution in [0.2, 0.25) is 0 Å². The number of benzene rings is 1. The summed E-state index contributed by atoms with van der Waals surface area (Å²) in [5.41, 5.74) is 2.67. The largest absolute Gasteiger partial charge is 0.480 e. The van der Waals surface area contributed by atoms with Gasteiger partial charge in [-0.1, -0.05) is 28.1 Å². The first-order chi connectivity index (χ1) is 10.0. The van der Waals surface area contributed by atoms with Crippen LogP contribution in [0.1, 0.15) is 17.0 Å². The van der Waals surface area contributed by atoms with Gasteiger partial charge in [-0.25, -0.2) is 0 Å². The van der Waals surface area contributed by atoms with Crippen molar-refractivity contribution in [3.8, 4) is 0 Å². The number of aliphatic carboxylic acids is 1. The summed E-state index contributed by atoms with van der Waals surface area (Å²) >= 11 is 3.42. The van der Waals surface area contributed by atoms with Crippen molar-refractivity contribution >= 4 is 21.9 Å². The van der Waals surface area contributed by atoms with Crippen LogP contribution in [0.15, 0.2) is 41.1 Å². The quantitative estimate of drug-likeness (QED) is 0.868. The van der Waals surface area contributed by atoms with Gasteiger partial charge in [-0.3, -0.25) is 19.7 Å². The molecule has 0 fully saturated rings. The molecule has 0 bridgehead atoms. The Bertz CT molecular complexity index is 634. The molecule has 5 nitrogen and oxygen atoms in total. The standard InChI is InChI=1S/C15H16BrN3O2/c1-11-14(18-6-5-17-11)9-19(10-15(20)21)8-12-3-2-4-13(16)7-12/h2-7H,8-10H2,1H3,(H,20,21). The van der Waals surface area contributed by atoms with Crippen LogP contribution >= 0.6 is 15.9 Å². The number of rotatable bonds is 6. The number of carboxylic acid groups (broad SMARTS) is 1. The van der Waals surface area contributed by atoms with Gasteiger partial charge in [0.15, 0.2) is 0 Å². The fourth-order valence-corrected chi connectivity index (χ4v) is 2.50. The molecule has 0 aliphatic rings. The lowest BCUT2D eigenvalue weighted by Gasteiger charge is -2.20. The monoisotopic (exact) mass is 349 g/mol. The Balaban J connectivity index is 2.15. The van der Waals surface area contributed by atoms with Gasteiger partial charge in [0.2, 0.25) is 0 Å². The van der Waals surface area contributed by atoms with Crippen LogP contribution in [0.3, 0.4) is 0 Å². The molecule has 0 amide bonds. The van der Waals surface area contributed by atoms with Crippen molar-refractivity contribution in [1.29, 1.82) is 0 Å². The van der Waals surface area contributed by atoms with Crippen LogP contribution in [-0.4, -0.2) is 32.5 Å². The number of aromatic nitrogens is 2. The van der Waals surface area contributed by atoms with E-state index in [9.17, 15) is 4.79 Å². The molecule has 110 valence electrons. The lowest BCUT2D eigenvalue weighted by Crippen LogP contribution is -2.29. The van der Waals surface area contributed by atoms with Gasteiger partial charge in [0.05, 0.1) is 17.9 Å². The molecule has 1 aromatic carbocycles. The highest BCUT2D eigenvalue weighted by Gasteiger charge is 2.13. The third kappa shape index (κ3) is 4.91. The summed E-state index contributed by atoms with van der Waals surface area (Å²) < 4.78 is 0.978. The second-order valence-corrected chi connectivity index (χ2v) is 5.67. The molecular weight excluding hydrogens is 334 g/mol. The molecule has 1 N–H and O–H groups in total. The van der Waals surface area contributed by atoms with Crippen LogP contribution in [-0.2, 0) is 17.9 Å². The molecule has 0 aliphatic carbocycles. The molecule has 0 unspecified atom stereocenters. The minimum absolute atomic E-state index is 0.0392. The van der Waals surface area contributed by atoms with Gasteiger partial charge < -0.3 is 5.11 Å². The van der Waals surface area contributed by atoms with Crippen molar-refractivity contribution in [1.82, 2.24) is 14.9 Å². The first-order valence-electron chi connectivity index (χ1n) is 6.49. The summed E-state index contributed by atoms with van der Waals surface area (Å²) in [6.45, 7) is 2.84. The van der Waals surface area contributed by atoms with Crippen LogP contribution in [0.4, 0.5) is 0 Å². The zero-order valence-corrected chi connectivity index (χ0v) is 13.2. The van der Waals surface area contributed by atoms with E-state index < -0.39 is 5.97 Å². The van der Waals surface area contributed by atoms with Crippen molar-refractivity contribution in [2.45, 2.75) is 20.0 Å². The van der Waals surface area contributed by atoms with Gasteiger partial charge in [0.1, 0.15) is 0 Å². The highest BCUT2D eigenvalue weighted by atomic mass is 79.9. The summed E-state index contributed by atoms with van der Waals surface area (Å²) in [7, 11) is 0. The second-order valence-electron chi connectivity index (χ2n) is 4.76. The van der Waals surface area contributed by atoms with Gasteiger partial charge >= 0.3 is 5.97 Å². The fourth-order valence-electron chi connectivity index (χ4n) is 2.06. The van der Waals surface area contributed by atoms with E-state index in [2.05, 4.69) is 25.9 Å². The smallest absolute Gasteiger partial charge is 0.317 e. The van der Waals surface area contributed by atoms with Crippen molar-refractivity contribution in [3.63, 3.8) is 0 Å². The van der Waals surface area contributed by atoms with Crippen LogP contribution in [0.5, 0.6) is 0 Å². The summed E-state index contributed by atoms with van der Waals surface area (Å²) in [6, 6.07) is 7.84. The molecule has 1 aromatic heterocycles. The van der Waals surface area contributed by atoms with Crippen LogP contribution in [0, 0.1) is 6.92 Å². The molecule has 0 aliphatic heterocycles. The molecule has 2 aromatic rings. The number of carbonyl (C=O) groups is 1. The molecule has 0 atom stereocenters. The zero-order valence-electron chi connectivity index (χ0n) is 11.7. The van der Waals surface area contributed by atoms with Gasteiger partial charge in [-0.05, 0) is 24.6 Å². The number of hydrogen-bond donors (Lipinski definition) is 1. The molecular formula is C15H16BrN3O2. The predicted molar refractivity (Wildman–Crippen MR) is 82.7 cm³/mol. The lowest BCUT2D eigenvalue weighted by atomic mass is 10.2. The van der Waals surface area contributed by atoms with E-state index in [1.165, 1.54) is 0 Å². The molecule has 6 heteroatoms. The Morgan fingerprint density at radius 3 is 2.71 bits per heavy atom. The van der Waals surface area contributed by atoms with E-state index in [0.717, 1.165) is 21.4 Å². The van der Waals surface area contributed by atoms with E-state index >= 15 is 0 Å². The minimum Gasteiger partial charge on any atom is -0.480 e. The highest BCUT2D eigenvalue weighted by Crippen LogP contribution is 2.15. The average molecular weight is 350 g/mol. The highest BCUT2D eigenvalue weighted by molar-refractivity contribution is 9.10. The number of halogens is 1. The van der Waals surface area contributed by atoms with Gasteiger partial charge in [-0.15, -0.1) is 0 Å². The summed E-state index contributed by atoms with van der Waals surface area (Å²) in [4.78, 5) is 21.4. The van der Waals surface area contributed by atoms with E-state index in [4.69, 9.17) is 5.11 Å². The van der Waals surface area contributed by atoms with Crippen molar-refractivity contribution < 1.29 is 9.90 Å². The summed E-state index contributed by atoms with van der Waals surface area (Å²) in [5.74, 6) is -0.855. The molecule has 0 radical (unpaired) electrons. The molecule has 0 saturated carbocycles. The van der Waals surface area contributed by atoms with Gasteiger partial charge in [0, 0.05) is 30.0 Å². The Morgan fingerprint density at radius 1 is 1.29 bits per heavy atom.